The summed E-state index contributed by atoms with van der Waals surface area (Å²) in [6, 6.07) is 0. The van der Waals surface area contributed by atoms with Crippen molar-refractivity contribution in [3.05, 3.63) is 18.7 Å². The molecule has 0 aliphatic heterocycles. The first-order valence-corrected chi connectivity index (χ1v) is 9.38. The first-order chi connectivity index (χ1) is 9.98. The van der Waals surface area contributed by atoms with E-state index in [1.54, 1.807) is 12.5 Å². The maximum Gasteiger partial charge on any atom is 0.379 e. The molecule has 0 saturated carbocycles. The van der Waals surface area contributed by atoms with Gasteiger partial charge in [0.15, 0.2) is 0 Å². The summed E-state index contributed by atoms with van der Waals surface area (Å²) >= 11 is 0. The Morgan fingerprint density at radius 1 is 1.00 bits per heavy atom. The first kappa shape index (κ1) is 21.4. The zero-order chi connectivity index (χ0) is 15.7. The van der Waals surface area contributed by atoms with Crippen LogP contribution in [-0.2, 0) is 16.8 Å². The average Bonchev–Trinajstić information content (AvgIpc) is 2.91. The standard InChI is InChI=1S/C15H30N3O2S.ClH/c1-4-5-6-7-8-9-10-11-12-17-13-14-18(15-17)21(19,20)16(2)3;/h13-15H,4-12H2,1-3H3;1H/q+1;/p-1. The second-order valence-electron chi connectivity index (χ2n) is 5.75. The van der Waals surface area contributed by atoms with Gasteiger partial charge in [0.2, 0.25) is 0 Å². The smallest absolute Gasteiger partial charge is 0.379 e. The Bertz CT molecular complexity index is 501. The maximum atomic E-state index is 11.9. The fourth-order valence-corrected chi connectivity index (χ4v) is 3.09. The van der Waals surface area contributed by atoms with Gasteiger partial charge in [-0.2, -0.15) is 12.7 Å². The fourth-order valence-electron chi connectivity index (χ4n) is 2.26. The van der Waals surface area contributed by atoms with Crippen LogP contribution in [0.25, 0.3) is 0 Å². The van der Waals surface area contributed by atoms with Crippen LogP contribution in [-0.4, -0.2) is 30.8 Å². The summed E-state index contributed by atoms with van der Waals surface area (Å²) in [5, 5.41) is 0. The van der Waals surface area contributed by atoms with Gasteiger partial charge < -0.3 is 12.4 Å². The van der Waals surface area contributed by atoms with E-state index >= 15 is 0 Å². The second-order valence-corrected chi connectivity index (χ2v) is 7.79. The number of hydrogen-bond acceptors (Lipinski definition) is 2. The van der Waals surface area contributed by atoms with Crippen molar-refractivity contribution in [2.75, 3.05) is 14.1 Å². The zero-order valence-electron chi connectivity index (χ0n) is 14.0. The molecule has 0 saturated heterocycles. The average molecular weight is 352 g/mol. The SMILES string of the molecule is CCCCCCCCCC[n+]1ccn(S(=O)(=O)N(C)C)c1.[Cl-]. The van der Waals surface area contributed by atoms with Gasteiger partial charge in [0.1, 0.15) is 12.4 Å². The van der Waals surface area contributed by atoms with Crippen LogP contribution in [0.2, 0.25) is 0 Å². The minimum atomic E-state index is -3.38. The molecular formula is C15H30ClN3O2S. The molecule has 5 nitrogen and oxygen atoms in total. The fraction of sp³-hybridized carbons (Fsp3) is 0.800. The summed E-state index contributed by atoms with van der Waals surface area (Å²) < 4.78 is 28.3. The van der Waals surface area contributed by atoms with Crippen LogP contribution in [0.3, 0.4) is 0 Å². The van der Waals surface area contributed by atoms with Gasteiger partial charge in [-0.1, -0.05) is 45.4 Å². The van der Waals surface area contributed by atoms with E-state index in [9.17, 15) is 8.42 Å². The number of aryl methyl sites for hydroxylation is 1. The van der Waals surface area contributed by atoms with Gasteiger partial charge in [-0.05, 0) is 12.8 Å². The molecule has 0 bridgehead atoms. The summed E-state index contributed by atoms with van der Waals surface area (Å²) in [5.74, 6) is 0. The third-order valence-electron chi connectivity index (χ3n) is 3.66. The largest absolute Gasteiger partial charge is 1.00 e. The molecular weight excluding hydrogens is 322 g/mol. The van der Waals surface area contributed by atoms with Gasteiger partial charge in [0.05, 0.1) is 6.54 Å². The molecule has 1 rings (SSSR count). The van der Waals surface area contributed by atoms with Crippen molar-refractivity contribution in [2.45, 2.75) is 64.8 Å². The molecule has 1 aromatic heterocycles. The van der Waals surface area contributed by atoms with Crippen molar-refractivity contribution in [3.63, 3.8) is 0 Å². The van der Waals surface area contributed by atoms with E-state index in [0.717, 1.165) is 13.0 Å². The van der Waals surface area contributed by atoms with Gasteiger partial charge in [-0.3, -0.25) is 0 Å². The van der Waals surface area contributed by atoms with Gasteiger partial charge in [0, 0.05) is 14.1 Å². The number of rotatable bonds is 11. The molecule has 0 N–H and O–H groups in total. The summed E-state index contributed by atoms with van der Waals surface area (Å²) in [6.07, 6.45) is 15.3. The monoisotopic (exact) mass is 351 g/mol. The molecule has 0 aliphatic rings. The molecule has 7 heteroatoms. The Balaban J connectivity index is 0.00000441. The van der Waals surface area contributed by atoms with Crippen LogP contribution >= 0.6 is 0 Å². The minimum absolute atomic E-state index is 0. The molecule has 1 heterocycles. The predicted molar refractivity (Wildman–Crippen MR) is 85.2 cm³/mol. The highest BCUT2D eigenvalue weighted by Crippen LogP contribution is 2.08. The quantitative estimate of drug-likeness (QED) is 0.401. The van der Waals surface area contributed by atoms with E-state index in [2.05, 4.69) is 6.92 Å². The van der Waals surface area contributed by atoms with E-state index in [1.165, 1.54) is 67.3 Å². The van der Waals surface area contributed by atoms with Gasteiger partial charge in [0.25, 0.3) is 6.33 Å². The molecule has 0 aliphatic carbocycles. The lowest BCUT2D eigenvalue weighted by molar-refractivity contribution is -0.696. The van der Waals surface area contributed by atoms with Crippen molar-refractivity contribution in [1.82, 2.24) is 8.28 Å². The van der Waals surface area contributed by atoms with Gasteiger partial charge in [-0.25, -0.2) is 4.57 Å². The lowest BCUT2D eigenvalue weighted by atomic mass is 10.1. The number of nitrogens with zero attached hydrogens (tertiary/aromatic N) is 3. The molecule has 0 radical (unpaired) electrons. The normalized spacial score (nSPS) is 11.6. The van der Waals surface area contributed by atoms with Gasteiger partial charge >= 0.3 is 10.2 Å². The highest BCUT2D eigenvalue weighted by molar-refractivity contribution is 7.87. The lowest BCUT2D eigenvalue weighted by Crippen LogP contribution is -3.00. The van der Waals surface area contributed by atoms with E-state index in [0.29, 0.717) is 0 Å². The number of aromatic nitrogens is 2. The van der Waals surface area contributed by atoms with Crippen molar-refractivity contribution in [1.29, 1.82) is 0 Å². The molecule has 0 atom stereocenters. The Kier molecular flexibility index (Phi) is 10.7. The van der Waals surface area contributed by atoms with Crippen LogP contribution < -0.4 is 17.0 Å². The van der Waals surface area contributed by atoms with E-state index in [4.69, 9.17) is 0 Å². The van der Waals surface area contributed by atoms with Crippen molar-refractivity contribution >= 4 is 10.2 Å². The number of imidazole rings is 1. The molecule has 0 unspecified atom stereocenters. The Hall–Kier alpha value is -0.590. The Labute approximate surface area is 141 Å². The summed E-state index contributed by atoms with van der Waals surface area (Å²) in [5.41, 5.74) is 0. The predicted octanol–water partition coefficient (Wildman–Crippen LogP) is -0.425. The summed E-state index contributed by atoms with van der Waals surface area (Å²) in [7, 11) is -0.295. The molecule has 1 aromatic rings. The van der Waals surface area contributed by atoms with Crippen LogP contribution in [0, 0.1) is 0 Å². The number of unbranched alkanes of at least 4 members (excludes halogenated alkanes) is 7. The third-order valence-corrected chi connectivity index (χ3v) is 5.34. The zero-order valence-corrected chi connectivity index (χ0v) is 15.6. The topological polar surface area (TPSA) is 46.2 Å². The first-order valence-electron chi connectivity index (χ1n) is 7.98. The summed E-state index contributed by atoms with van der Waals surface area (Å²) in [6.45, 7) is 3.12. The van der Waals surface area contributed by atoms with Gasteiger partial charge in [-0.15, -0.1) is 3.97 Å². The lowest BCUT2D eigenvalue weighted by Gasteiger charge is -2.05. The third kappa shape index (κ3) is 7.11. The summed E-state index contributed by atoms with van der Waals surface area (Å²) in [4.78, 5) is 0. The van der Waals surface area contributed by atoms with E-state index < -0.39 is 10.2 Å². The minimum Gasteiger partial charge on any atom is -1.00 e. The van der Waals surface area contributed by atoms with Crippen molar-refractivity contribution in [3.8, 4) is 0 Å². The highest BCUT2D eigenvalue weighted by atomic mass is 35.5. The van der Waals surface area contributed by atoms with Crippen LogP contribution in [0.4, 0.5) is 0 Å². The number of halogens is 1. The molecule has 0 fully saturated rings. The van der Waals surface area contributed by atoms with Crippen molar-refractivity contribution in [2.24, 2.45) is 0 Å². The van der Waals surface area contributed by atoms with E-state index in [-0.39, 0.29) is 12.4 Å². The maximum absolute atomic E-state index is 11.9. The van der Waals surface area contributed by atoms with Crippen LogP contribution in [0.1, 0.15) is 58.3 Å². The Morgan fingerprint density at radius 2 is 1.55 bits per heavy atom. The molecule has 22 heavy (non-hydrogen) atoms. The molecule has 0 spiro atoms. The Morgan fingerprint density at radius 3 is 2.09 bits per heavy atom. The molecule has 0 amide bonds. The van der Waals surface area contributed by atoms with Crippen LogP contribution in [0.5, 0.6) is 0 Å². The van der Waals surface area contributed by atoms with Crippen LogP contribution in [0.15, 0.2) is 18.7 Å². The second kappa shape index (κ2) is 11.0. The molecule has 0 aromatic carbocycles. The highest BCUT2D eigenvalue weighted by Gasteiger charge is 2.22. The van der Waals surface area contributed by atoms with Crippen molar-refractivity contribution < 1.29 is 25.4 Å². The molecule has 130 valence electrons. The number of hydrogen-bond donors (Lipinski definition) is 0. The van der Waals surface area contributed by atoms with E-state index in [1.807, 2.05) is 10.8 Å².